The van der Waals surface area contributed by atoms with Gasteiger partial charge in [0.05, 0.1) is 25.4 Å². The maximum atomic E-state index is 13.1. The Balaban J connectivity index is 2.28. The Morgan fingerprint density at radius 1 is 0.532 bits per heavy atom. The summed E-state index contributed by atoms with van der Waals surface area (Å²) in [6, 6.07) is -0.893. The van der Waals surface area contributed by atoms with Crippen LogP contribution in [0.3, 0.4) is 0 Å². The van der Waals surface area contributed by atoms with Crippen molar-refractivity contribution >= 4 is 5.91 Å². The molecule has 0 spiro atoms. The number of carbonyl (C=O) groups excluding carboxylic acids is 1. The van der Waals surface area contributed by atoms with Crippen molar-refractivity contribution in [3.05, 3.63) is 12.2 Å². The quantitative estimate of drug-likeness (QED) is 0.0232. The largest absolute Gasteiger partial charge is 0.394 e. The zero-order chi connectivity index (χ0) is 45.3. The van der Waals surface area contributed by atoms with Crippen LogP contribution in [0.5, 0.6) is 0 Å². The fourth-order valence-electron chi connectivity index (χ4n) is 8.63. The molecule has 10 nitrogen and oxygen atoms in total. The van der Waals surface area contributed by atoms with Crippen LogP contribution >= 0.6 is 0 Å². The number of nitrogens with one attached hydrogen (secondary N) is 1. The summed E-state index contributed by atoms with van der Waals surface area (Å²) in [6.07, 6.45) is 39.8. The minimum atomic E-state index is -1.60. The number of allylic oxidation sites excluding steroid dienone is 2. The summed E-state index contributed by atoms with van der Waals surface area (Å²) in [5.74, 6) is -0.584. The zero-order valence-corrected chi connectivity index (χ0v) is 40.3. The average molecular weight is 884 g/mol. The van der Waals surface area contributed by atoms with Gasteiger partial charge in [-0.3, -0.25) is 4.79 Å². The molecule has 0 radical (unpaired) electrons. The molecule has 1 fully saturated rings. The second-order valence-corrected chi connectivity index (χ2v) is 18.8. The molecular weight excluding hydrogens is 783 g/mol. The Bertz CT molecular complexity index is 999. The van der Waals surface area contributed by atoms with Crippen molar-refractivity contribution in [3.8, 4) is 0 Å². The highest BCUT2D eigenvalue weighted by Gasteiger charge is 2.44. The van der Waals surface area contributed by atoms with Crippen LogP contribution in [-0.2, 0) is 14.3 Å². The minimum absolute atomic E-state index is 0.254. The van der Waals surface area contributed by atoms with Gasteiger partial charge in [-0.2, -0.15) is 0 Å². The number of hydrogen-bond donors (Lipinski definition) is 7. The normalized spacial score (nSPS) is 20.8. The number of unbranched alkanes of at least 4 members (excludes halogenated alkanes) is 32. The Morgan fingerprint density at radius 2 is 0.903 bits per heavy atom. The molecule has 8 atom stereocenters. The van der Waals surface area contributed by atoms with Gasteiger partial charge >= 0.3 is 0 Å². The fraction of sp³-hybridized carbons (Fsp3) is 0.942. The number of aliphatic hydroxyl groups is 6. The predicted molar refractivity (Wildman–Crippen MR) is 255 cm³/mol. The number of aliphatic hydroxyl groups excluding tert-OH is 6. The first kappa shape index (κ1) is 58.9. The maximum absolute atomic E-state index is 13.1. The Labute approximate surface area is 380 Å². The lowest BCUT2D eigenvalue weighted by Gasteiger charge is -2.40. The molecule has 0 aromatic rings. The van der Waals surface area contributed by atoms with Crippen molar-refractivity contribution in [3.63, 3.8) is 0 Å². The SMILES string of the molecule is CCCCCCCCCCCCCC/C=C\CCCCCCCCCC(O)C(=O)NC(COC1OC(CO)C(O)C(O)C1O)C(O)CCCCCCCCCCCCCCCC. The van der Waals surface area contributed by atoms with Gasteiger partial charge < -0.3 is 45.4 Å². The van der Waals surface area contributed by atoms with Crippen molar-refractivity contribution in [1.29, 1.82) is 0 Å². The Hall–Kier alpha value is -1.11. The fourth-order valence-corrected chi connectivity index (χ4v) is 8.63. The van der Waals surface area contributed by atoms with Crippen LogP contribution in [0.25, 0.3) is 0 Å². The number of rotatable bonds is 45. The maximum Gasteiger partial charge on any atom is 0.249 e. The molecule has 1 aliphatic rings. The summed E-state index contributed by atoms with van der Waals surface area (Å²) >= 11 is 0. The van der Waals surface area contributed by atoms with E-state index in [1.807, 2.05) is 0 Å². The average Bonchev–Trinajstić information content (AvgIpc) is 3.27. The molecule has 62 heavy (non-hydrogen) atoms. The second-order valence-electron chi connectivity index (χ2n) is 18.8. The number of hydrogen-bond acceptors (Lipinski definition) is 9. The zero-order valence-electron chi connectivity index (χ0n) is 40.3. The van der Waals surface area contributed by atoms with Gasteiger partial charge in [0.1, 0.15) is 30.5 Å². The van der Waals surface area contributed by atoms with Crippen LogP contribution in [0.4, 0.5) is 0 Å². The number of ether oxygens (including phenoxy) is 2. The highest BCUT2D eigenvalue weighted by Crippen LogP contribution is 2.23. The van der Waals surface area contributed by atoms with Gasteiger partial charge in [-0.15, -0.1) is 0 Å². The summed E-state index contributed by atoms with van der Waals surface area (Å²) in [6.45, 7) is 3.69. The predicted octanol–water partition coefficient (Wildman–Crippen LogP) is 11.0. The van der Waals surface area contributed by atoms with Crippen LogP contribution in [0, 0.1) is 0 Å². The molecule has 1 aliphatic heterocycles. The van der Waals surface area contributed by atoms with E-state index in [2.05, 4.69) is 31.3 Å². The molecule has 0 aromatic carbocycles. The van der Waals surface area contributed by atoms with Gasteiger partial charge in [-0.1, -0.05) is 225 Å². The van der Waals surface area contributed by atoms with E-state index < -0.39 is 61.5 Å². The third-order valence-corrected chi connectivity index (χ3v) is 13.0. The van der Waals surface area contributed by atoms with Gasteiger partial charge in [-0.05, 0) is 38.5 Å². The molecule has 10 heteroatoms. The van der Waals surface area contributed by atoms with Crippen molar-refractivity contribution in [2.45, 2.75) is 300 Å². The van der Waals surface area contributed by atoms with Gasteiger partial charge in [0, 0.05) is 0 Å². The molecule has 1 heterocycles. The van der Waals surface area contributed by atoms with Crippen molar-refractivity contribution in [1.82, 2.24) is 5.32 Å². The van der Waals surface area contributed by atoms with E-state index in [0.29, 0.717) is 12.8 Å². The van der Waals surface area contributed by atoms with Crippen LogP contribution in [0.1, 0.15) is 251 Å². The lowest BCUT2D eigenvalue weighted by Crippen LogP contribution is -2.60. The second kappa shape index (κ2) is 42.5. The van der Waals surface area contributed by atoms with Gasteiger partial charge in [0.25, 0.3) is 0 Å². The van der Waals surface area contributed by atoms with E-state index in [0.717, 1.165) is 57.8 Å². The molecule has 0 bridgehead atoms. The minimum Gasteiger partial charge on any atom is -0.394 e. The van der Waals surface area contributed by atoms with Gasteiger partial charge in [-0.25, -0.2) is 0 Å². The molecule has 0 aromatic heterocycles. The summed E-state index contributed by atoms with van der Waals surface area (Å²) in [7, 11) is 0. The van der Waals surface area contributed by atoms with E-state index >= 15 is 0 Å². The van der Waals surface area contributed by atoms with E-state index in [1.165, 1.54) is 167 Å². The molecule has 1 saturated heterocycles. The first-order valence-corrected chi connectivity index (χ1v) is 26.5. The molecule has 1 amide bonds. The lowest BCUT2D eigenvalue weighted by atomic mass is 9.99. The third kappa shape index (κ3) is 31.7. The van der Waals surface area contributed by atoms with Gasteiger partial charge in [0.15, 0.2) is 6.29 Å². The first-order chi connectivity index (χ1) is 30.3. The summed E-state index contributed by atoms with van der Waals surface area (Å²) < 4.78 is 11.2. The molecule has 1 rings (SSSR count). The van der Waals surface area contributed by atoms with E-state index in [-0.39, 0.29) is 6.61 Å². The first-order valence-electron chi connectivity index (χ1n) is 26.5. The smallest absolute Gasteiger partial charge is 0.249 e. The van der Waals surface area contributed by atoms with Crippen molar-refractivity contribution < 1.29 is 44.9 Å². The molecule has 0 saturated carbocycles. The molecule has 0 aliphatic carbocycles. The third-order valence-electron chi connectivity index (χ3n) is 13.0. The molecule has 368 valence electrons. The Kier molecular flexibility index (Phi) is 40.4. The number of amides is 1. The van der Waals surface area contributed by atoms with Crippen LogP contribution in [-0.4, -0.2) is 98.7 Å². The van der Waals surface area contributed by atoms with Crippen LogP contribution < -0.4 is 5.32 Å². The highest BCUT2D eigenvalue weighted by atomic mass is 16.7. The molecule has 7 N–H and O–H groups in total. The van der Waals surface area contributed by atoms with Gasteiger partial charge in [0.2, 0.25) is 5.91 Å². The highest BCUT2D eigenvalue weighted by molar-refractivity contribution is 5.80. The summed E-state index contributed by atoms with van der Waals surface area (Å²) in [4.78, 5) is 13.1. The van der Waals surface area contributed by atoms with E-state index in [1.54, 1.807) is 0 Å². The van der Waals surface area contributed by atoms with E-state index in [4.69, 9.17) is 9.47 Å². The molecular formula is C52H101NO9. The Morgan fingerprint density at radius 3 is 1.31 bits per heavy atom. The van der Waals surface area contributed by atoms with Crippen molar-refractivity contribution in [2.75, 3.05) is 13.2 Å². The standard InChI is InChI=1S/C52H101NO9/c1-3-5-7-9-11-13-15-17-19-20-21-22-23-24-25-26-27-29-31-33-35-37-39-41-46(56)51(60)53-44(43-61-52-50(59)49(58)48(57)47(42-54)62-52)45(55)40-38-36-34-32-30-28-18-16-14-12-10-8-6-4-2/h24-25,44-50,52,54-59H,3-23,26-43H2,1-2H3,(H,53,60)/b25-24-. The van der Waals surface area contributed by atoms with E-state index in [9.17, 15) is 35.4 Å². The van der Waals surface area contributed by atoms with Crippen LogP contribution in [0.2, 0.25) is 0 Å². The number of carbonyl (C=O) groups is 1. The monoisotopic (exact) mass is 884 g/mol. The summed E-state index contributed by atoms with van der Waals surface area (Å²) in [5, 5.41) is 65.0. The van der Waals surface area contributed by atoms with Crippen molar-refractivity contribution in [2.24, 2.45) is 0 Å². The van der Waals surface area contributed by atoms with Crippen LogP contribution in [0.15, 0.2) is 12.2 Å². The summed E-state index contributed by atoms with van der Waals surface area (Å²) in [5.41, 5.74) is 0. The molecule has 8 unspecified atom stereocenters. The topological polar surface area (TPSA) is 169 Å². The lowest BCUT2D eigenvalue weighted by molar-refractivity contribution is -0.302.